The smallest absolute Gasteiger partial charge is 0.254 e. The van der Waals surface area contributed by atoms with Crippen LogP contribution in [0.5, 0.6) is 0 Å². The summed E-state index contributed by atoms with van der Waals surface area (Å²) in [6, 6.07) is 11.4. The number of hydrogen-bond acceptors (Lipinski definition) is 3. The van der Waals surface area contributed by atoms with Gasteiger partial charge >= 0.3 is 0 Å². The van der Waals surface area contributed by atoms with Crippen LogP contribution in [0.4, 0.5) is 0 Å². The van der Waals surface area contributed by atoms with Crippen LogP contribution in [0.1, 0.15) is 32.9 Å². The first-order chi connectivity index (χ1) is 12.4. The molecule has 0 radical (unpaired) electrons. The maximum Gasteiger partial charge on any atom is 0.254 e. The Balaban J connectivity index is 1.89. The number of para-hydroxylation sites is 1. The van der Waals surface area contributed by atoms with Crippen molar-refractivity contribution < 1.29 is 4.79 Å². The summed E-state index contributed by atoms with van der Waals surface area (Å²) in [5.41, 5.74) is 5.72. The molecule has 1 amide bonds. The number of carbonyl (C=O) groups excluding carboxylic acids is 1. The van der Waals surface area contributed by atoms with Gasteiger partial charge in [-0.2, -0.15) is 5.10 Å². The summed E-state index contributed by atoms with van der Waals surface area (Å²) >= 11 is 5.90. The fourth-order valence-corrected chi connectivity index (χ4v) is 3.18. The van der Waals surface area contributed by atoms with E-state index in [1.807, 2.05) is 36.7 Å². The molecule has 0 aliphatic heterocycles. The molecule has 0 spiro atoms. The normalized spacial score (nSPS) is 10.8. The average Bonchev–Trinajstić information content (AvgIpc) is 2.89. The van der Waals surface area contributed by atoms with Crippen molar-refractivity contribution in [2.45, 2.75) is 27.3 Å². The van der Waals surface area contributed by atoms with Crippen LogP contribution >= 0.6 is 11.6 Å². The lowest BCUT2D eigenvalue weighted by Crippen LogP contribution is -2.26. The zero-order valence-corrected chi connectivity index (χ0v) is 16.1. The molecule has 0 atom stereocenters. The molecule has 3 rings (SSSR count). The van der Waals surface area contributed by atoms with Gasteiger partial charge in [0.2, 0.25) is 0 Å². The number of pyridine rings is 1. The number of rotatable bonds is 4. The second kappa shape index (κ2) is 7.30. The van der Waals surface area contributed by atoms with E-state index in [1.165, 1.54) is 6.20 Å². The van der Waals surface area contributed by atoms with Gasteiger partial charge in [0.1, 0.15) is 5.15 Å². The summed E-state index contributed by atoms with van der Waals surface area (Å²) in [5, 5.41) is 5.00. The third kappa shape index (κ3) is 3.48. The van der Waals surface area contributed by atoms with Gasteiger partial charge in [0.25, 0.3) is 5.91 Å². The van der Waals surface area contributed by atoms with Crippen molar-refractivity contribution in [2.75, 3.05) is 7.05 Å². The Kier molecular flexibility index (Phi) is 5.09. The monoisotopic (exact) mass is 368 g/mol. The number of aryl methyl sites for hydroxylation is 2. The highest BCUT2D eigenvalue weighted by atomic mass is 35.5. The van der Waals surface area contributed by atoms with Crippen LogP contribution in [0, 0.1) is 20.8 Å². The Morgan fingerprint density at radius 1 is 1.19 bits per heavy atom. The predicted octanol–water partition coefficient (Wildman–Crippen LogP) is 4.12. The van der Waals surface area contributed by atoms with Crippen LogP contribution in [0.3, 0.4) is 0 Å². The Morgan fingerprint density at radius 2 is 1.92 bits per heavy atom. The molecule has 3 aromatic rings. The molecular formula is C20H21ClN4O. The molecule has 0 saturated carbocycles. The highest BCUT2D eigenvalue weighted by Crippen LogP contribution is 2.22. The Bertz CT molecular complexity index is 964. The fraction of sp³-hybridized carbons (Fsp3) is 0.250. The van der Waals surface area contributed by atoms with Gasteiger partial charge in [-0.05, 0) is 44.5 Å². The highest BCUT2D eigenvalue weighted by Gasteiger charge is 2.19. The van der Waals surface area contributed by atoms with Gasteiger partial charge in [-0.15, -0.1) is 0 Å². The molecule has 5 nitrogen and oxygen atoms in total. The zero-order chi connectivity index (χ0) is 18.8. The van der Waals surface area contributed by atoms with E-state index < -0.39 is 0 Å². The minimum Gasteiger partial charge on any atom is -0.337 e. The van der Waals surface area contributed by atoms with Crippen LogP contribution in [0.25, 0.3) is 5.69 Å². The van der Waals surface area contributed by atoms with Gasteiger partial charge in [0.05, 0.1) is 11.4 Å². The van der Waals surface area contributed by atoms with E-state index in [-0.39, 0.29) is 5.91 Å². The zero-order valence-electron chi connectivity index (χ0n) is 15.3. The van der Waals surface area contributed by atoms with Crippen molar-refractivity contribution in [3.05, 3.63) is 75.8 Å². The first-order valence-corrected chi connectivity index (χ1v) is 8.74. The van der Waals surface area contributed by atoms with E-state index in [2.05, 4.69) is 23.1 Å². The lowest BCUT2D eigenvalue weighted by atomic mass is 10.1. The van der Waals surface area contributed by atoms with Crippen LogP contribution in [-0.2, 0) is 6.54 Å². The van der Waals surface area contributed by atoms with E-state index >= 15 is 0 Å². The number of amides is 1. The molecule has 2 heterocycles. The topological polar surface area (TPSA) is 51.0 Å². The van der Waals surface area contributed by atoms with Crippen molar-refractivity contribution in [1.82, 2.24) is 19.7 Å². The first-order valence-electron chi connectivity index (χ1n) is 8.36. The van der Waals surface area contributed by atoms with Crippen LogP contribution in [-0.4, -0.2) is 32.6 Å². The van der Waals surface area contributed by atoms with Crippen LogP contribution in [0.15, 0.2) is 42.6 Å². The second-order valence-electron chi connectivity index (χ2n) is 6.38. The summed E-state index contributed by atoms with van der Waals surface area (Å²) in [5.74, 6) is -0.100. The molecule has 0 aliphatic rings. The van der Waals surface area contributed by atoms with Gasteiger partial charge in [-0.3, -0.25) is 4.79 Å². The number of nitrogens with zero attached hydrogens (tertiary/aromatic N) is 4. The van der Waals surface area contributed by atoms with E-state index in [1.54, 1.807) is 24.1 Å². The van der Waals surface area contributed by atoms with E-state index in [0.717, 1.165) is 28.2 Å². The standard InChI is InChI=1S/C20H21ClN4O/c1-13-7-5-6-8-18(13)25-15(3)17(14(2)23-25)12-24(4)20(26)16-9-10-22-19(21)11-16/h5-11H,12H2,1-4H3. The molecule has 6 heteroatoms. The number of aromatic nitrogens is 3. The van der Waals surface area contributed by atoms with Crippen molar-refractivity contribution in [2.24, 2.45) is 0 Å². The third-order valence-electron chi connectivity index (χ3n) is 4.50. The fourth-order valence-electron chi connectivity index (χ4n) is 3.00. The minimum atomic E-state index is -0.100. The van der Waals surface area contributed by atoms with Crippen molar-refractivity contribution in [3.63, 3.8) is 0 Å². The van der Waals surface area contributed by atoms with Gasteiger partial charge in [0, 0.05) is 36.6 Å². The van der Waals surface area contributed by atoms with Gasteiger partial charge in [-0.25, -0.2) is 9.67 Å². The van der Waals surface area contributed by atoms with Crippen molar-refractivity contribution in [3.8, 4) is 5.69 Å². The molecule has 0 aliphatic carbocycles. The third-order valence-corrected chi connectivity index (χ3v) is 4.71. The van der Waals surface area contributed by atoms with E-state index in [0.29, 0.717) is 17.3 Å². The SMILES string of the molecule is Cc1ccccc1-n1nc(C)c(CN(C)C(=O)c2ccnc(Cl)c2)c1C. The average molecular weight is 369 g/mol. The highest BCUT2D eigenvalue weighted by molar-refractivity contribution is 6.29. The Labute approximate surface area is 158 Å². The molecular weight excluding hydrogens is 348 g/mol. The molecule has 0 saturated heterocycles. The Morgan fingerprint density at radius 3 is 2.62 bits per heavy atom. The molecule has 2 aromatic heterocycles. The first kappa shape index (κ1) is 18.1. The quantitative estimate of drug-likeness (QED) is 0.651. The lowest BCUT2D eigenvalue weighted by Gasteiger charge is -2.18. The molecule has 26 heavy (non-hydrogen) atoms. The summed E-state index contributed by atoms with van der Waals surface area (Å²) in [6.07, 6.45) is 1.54. The molecule has 1 aromatic carbocycles. The number of carbonyl (C=O) groups is 1. The van der Waals surface area contributed by atoms with E-state index in [9.17, 15) is 4.79 Å². The molecule has 0 fully saturated rings. The summed E-state index contributed by atoms with van der Waals surface area (Å²) in [6.45, 7) is 6.54. The van der Waals surface area contributed by atoms with Gasteiger partial charge in [0.15, 0.2) is 0 Å². The summed E-state index contributed by atoms with van der Waals surface area (Å²) < 4.78 is 1.95. The van der Waals surface area contributed by atoms with Crippen molar-refractivity contribution >= 4 is 17.5 Å². The largest absolute Gasteiger partial charge is 0.337 e. The van der Waals surface area contributed by atoms with Crippen molar-refractivity contribution in [1.29, 1.82) is 0 Å². The maximum atomic E-state index is 12.7. The molecule has 134 valence electrons. The maximum absolute atomic E-state index is 12.7. The Hall–Kier alpha value is -2.66. The van der Waals surface area contributed by atoms with Gasteiger partial charge in [-0.1, -0.05) is 29.8 Å². The van der Waals surface area contributed by atoms with Crippen LogP contribution in [0.2, 0.25) is 5.15 Å². The summed E-state index contributed by atoms with van der Waals surface area (Å²) in [4.78, 5) is 18.3. The number of halogens is 1. The molecule has 0 N–H and O–H groups in total. The number of hydrogen-bond donors (Lipinski definition) is 0. The molecule has 0 unspecified atom stereocenters. The second-order valence-corrected chi connectivity index (χ2v) is 6.76. The van der Waals surface area contributed by atoms with E-state index in [4.69, 9.17) is 11.6 Å². The van der Waals surface area contributed by atoms with Gasteiger partial charge < -0.3 is 4.90 Å². The lowest BCUT2D eigenvalue weighted by molar-refractivity contribution is 0.0784. The molecule has 0 bridgehead atoms. The predicted molar refractivity (Wildman–Crippen MR) is 103 cm³/mol. The van der Waals surface area contributed by atoms with Crippen LogP contribution < -0.4 is 0 Å². The summed E-state index contributed by atoms with van der Waals surface area (Å²) in [7, 11) is 1.78. The minimum absolute atomic E-state index is 0.100. The number of benzene rings is 1.